The van der Waals surface area contributed by atoms with Gasteiger partial charge < -0.3 is 5.73 Å². The first kappa shape index (κ1) is 13.9. The fraction of sp³-hybridized carbons (Fsp3) is 0.231. The Bertz CT molecular complexity index is 542. The van der Waals surface area contributed by atoms with Gasteiger partial charge in [0.1, 0.15) is 0 Å². The van der Waals surface area contributed by atoms with Crippen molar-refractivity contribution >= 4 is 44.6 Å². The van der Waals surface area contributed by atoms with E-state index in [0.717, 1.165) is 28.1 Å². The number of nitrogens with zero attached hydrogens (tertiary/aromatic N) is 1. The SMILES string of the molecule is CN(Cc1csc(Br)c1)Cc1ccc(Cl)cc1N. The number of rotatable bonds is 4. The zero-order valence-electron chi connectivity index (χ0n) is 9.99. The summed E-state index contributed by atoms with van der Waals surface area (Å²) in [6, 6.07) is 7.80. The second kappa shape index (κ2) is 6.06. The first-order chi connectivity index (χ1) is 8.54. The van der Waals surface area contributed by atoms with E-state index in [1.165, 1.54) is 5.56 Å². The molecule has 0 aliphatic heterocycles. The summed E-state index contributed by atoms with van der Waals surface area (Å²) in [6.07, 6.45) is 0. The molecule has 1 heterocycles. The van der Waals surface area contributed by atoms with Crippen LogP contribution in [0.25, 0.3) is 0 Å². The fourth-order valence-electron chi connectivity index (χ4n) is 1.80. The molecule has 2 N–H and O–H groups in total. The van der Waals surface area contributed by atoms with Gasteiger partial charge >= 0.3 is 0 Å². The van der Waals surface area contributed by atoms with Crippen molar-refractivity contribution in [3.8, 4) is 0 Å². The number of hydrogen-bond acceptors (Lipinski definition) is 3. The van der Waals surface area contributed by atoms with Crippen LogP contribution in [-0.2, 0) is 13.1 Å². The summed E-state index contributed by atoms with van der Waals surface area (Å²) < 4.78 is 1.16. The topological polar surface area (TPSA) is 29.3 Å². The Kier molecular flexibility index (Phi) is 4.67. The van der Waals surface area contributed by atoms with Crippen LogP contribution in [-0.4, -0.2) is 11.9 Å². The highest BCUT2D eigenvalue weighted by molar-refractivity contribution is 9.11. The van der Waals surface area contributed by atoms with Gasteiger partial charge in [-0.25, -0.2) is 0 Å². The van der Waals surface area contributed by atoms with E-state index in [2.05, 4.69) is 39.3 Å². The van der Waals surface area contributed by atoms with Crippen molar-refractivity contribution in [1.82, 2.24) is 4.90 Å². The Morgan fingerprint density at radius 3 is 2.72 bits per heavy atom. The average Bonchev–Trinajstić information content (AvgIpc) is 2.68. The summed E-state index contributed by atoms with van der Waals surface area (Å²) in [4.78, 5) is 2.23. The summed E-state index contributed by atoms with van der Waals surface area (Å²) in [7, 11) is 2.08. The summed E-state index contributed by atoms with van der Waals surface area (Å²) >= 11 is 11.1. The smallest absolute Gasteiger partial charge is 0.0701 e. The molecule has 0 radical (unpaired) electrons. The number of anilines is 1. The van der Waals surface area contributed by atoms with Gasteiger partial charge in [0.2, 0.25) is 0 Å². The Morgan fingerprint density at radius 1 is 1.33 bits per heavy atom. The molecule has 0 aliphatic carbocycles. The molecular formula is C13H14BrClN2S. The van der Waals surface area contributed by atoms with Crippen LogP contribution < -0.4 is 5.73 Å². The molecule has 2 nitrogen and oxygen atoms in total. The molecule has 0 atom stereocenters. The third-order valence-electron chi connectivity index (χ3n) is 2.62. The van der Waals surface area contributed by atoms with Crippen LogP contribution in [0.4, 0.5) is 5.69 Å². The maximum atomic E-state index is 5.95. The molecule has 18 heavy (non-hydrogen) atoms. The standard InChI is InChI=1S/C13H14BrClN2S/c1-17(6-9-4-13(14)18-8-9)7-10-2-3-11(15)5-12(10)16/h2-5,8H,6-7,16H2,1H3. The third kappa shape index (κ3) is 3.72. The van der Waals surface area contributed by atoms with Crippen molar-refractivity contribution in [3.05, 3.63) is 49.6 Å². The lowest BCUT2D eigenvalue weighted by Crippen LogP contribution is -2.17. The quantitative estimate of drug-likeness (QED) is 0.833. The predicted octanol–water partition coefficient (Wildman–Crippen LogP) is 4.38. The molecule has 1 aromatic carbocycles. The van der Waals surface area contributed by atoms with Crippen molar-refractivity contribution < 1.29 is 0 Å². The molecule has 0 aliphatic rings. The van der Waals surface area contributed by atoms with Gasteiger partial charge in [-0.3, -0.25) is 4.90 Å². The largest absolute Gasteiger partial charge is 0.398 e. The normalized spacial score (nSPS) is 11.1. The maximum absolute atomic E-state index is 5.95. The summed E-state index contributed by atoms with van der Waals surface area (Å²) in [5.41, 5.74) is 9.12. The summed E-state index contributed by atoms with van der Waals surface area (Å²) in [6.45, 7) is 1.72. The number of hydrogen-bond donors (Lipinski definition) is 1. The fourth-order valence-corrected chi connectivity index (χ4v) is 3.18. The maximum Gasteiger partial charge on any atom is 0.0701 e. The zero-order valence-corrected chi connectivity index (χ0v) is 13.1. The lowest BCUT2D eigenvalue weighted by atomic mass is 10.1. The summed E-state index contributed by atoms with van der Waals surface area (Å²) in [5.74, 6) is 0. The van der Waals surface area contributed by atoms with Crippen LogP contribution in [0.2, 0.25) is 5.02 Å². The first-order valence-electron chi connectivity index (χ1n) is 5.50. The second-order valence-electron chi connectivity index (χ2n) is 4.27. The van der Waals surface area contributed by atoms with Gasteiger partial charge in [0.25, 0.3) is 0 Å². The molecule has 0 fully saturated rings. The van der Waals surface area contributed by atoms with E-state index < -0.39 is 0 Å². The Balaban J connectivity index is 2.00. The van der Waals surface area contributed by atoms with Crippen LogP contribution >= 0.6 is 38.9 Å². The molecular weight excluding hydrogens is 332 g/mol. The van der Waals surface area contributed by atoms with Gasteiger partial charge in [0.15, 0.2) is 0 Å². The molecule has 0 bridgehead atoms. The molecule has 2 rings (SSSR count). The third-order valence-corrected chi connectivity index (χ3v) is 4.41. The number of nitrogens with two attached hydrogens (primary N) is 1. The highest BCUT2D eigenvalue weighted by Crippen LogP contribution is 2.23. The summed E-state index contributed by atoms with van der Waals surface area (Å²) in [5, 5.41) is 2.84. The van der Waals surface area contributed by atoms with Crippen molar-refractivity contribution in [2.75, 3.05) is 12.8 Å². The Morgan fingerprint density at radius 2 is 2.11 bits per heavy atom. The molecule has 0 spiro atoms. The highest BCUT2D eigenvalue weighted by Gasteiger charge is 2.06. The van der Waals surface area contributed by atoms with E-state index in [0.29, 0.717) is 5.02 Å². The van der Waals surface area contributed by atoms with Crippen LogP contribution in [0.3, 0.4) is 0 Å². The highest BCUT2D eigenvalue weighted by atomic mass is 79.9. The molecule has 5 heteroatoms. The molecule has 0 amide bonds. The predicted molar refractivity (Wildman–Crippen MR) is 83.1 cm³/mol. The van der Waals surface area contributed by atoms with E-state index in [1.54, 1.807) is 17.4 Å². The Hall–Kier alpha value is -0.550. The van der Waals surface area contributed by atoms with Crippen LogP contribution in [0.15, 0.2) is 33.4 Å². The minimum Gasteiger partial charge on any atom is -0.398 e. The molecule has 0 saturated carbocycles. The van der Waals surface area contributed by atoms with Crippen molar-refractivity contribution in [1.29, 1.82) is 0 Å². The van der Waals surface area contributed by atoms with Gasteiger partial charge in [-0.2, -0.15) is 0 Å². The molecule has 0 saturated heterocycles. The first-order valence-corrected chi connectivity index (χ1v) is 7.55. The van der Waals surface area contributed by atoms with Crippen molar-refractivity contribution in [2.24, 2.45) is 0 Å². The number of thiophene rings is 1. The van der Waals surface area contributed by atoms with E-state index in [9.17, 15) is 0 Å². The zero-order chi connectivity index (χ0) is 13.1. The van der Waals surface area contributed by atoms with Crippen LogP contribution in [0, 0.1) is 0 Å². The van der Waals surface area contributed by atoms with Crippen molar-refractivity contribution in [2.45, 2.75) is 13.1 Å². The number of benzene rings is 1. The van der Waals surface area contributed by atoms with Gasteiger partial charge in [-0.15, -0.1) is 11.3 Å². The van der Waals surface area contributed by atoms with Gasteiger partial charge in [0.05, 0.1) is 3.79 Å². The van der Waals surface area contributed by atoms with E-state index in [4.69, 9.17) is 17.3 Å². The van der Waals surface area contributed by atoms with E-state index >= 15 is 0 Å². The van der Waals surface area contributed by atoms with Gasteiger partial charge in [-0.1, -0.05) is 17.7 Å². The Labute approximate surface area is 124 Å². The number of nitrogen functional groups attached to an aromatic ring is 1. The molecule has 0 unspecified atom stereocenters. The molecule has 2 aromatic rings. The van der Waals surface area contributed by atoms with Crippen LogP contribution in [0.1, 0.15) is 11.1 Å². The van der Waals surface area contributed by atoms with Gasteiger partial charge in [0, 0.05) is 23.8 Å². The molecule has 1 aromatic heterocycles. The lowest BCUT2D eigenvalue weighted by molar-refractivity contribution is 0.320. The number of halogens is 2. The lowest BCUT2D eigenvalue weighted by Gasteiger charge is -2.17. The minimum absolute atomic E-state index is 0.681. The average molecular weight is 346 g/mol. The second-order valence-corrected chi connectivity index (χ2v) is 7.00. The molecule has 96 valence electrons. The minimum atomic E-state index is 0.681. The monoisotopic (exact) mass is 344 g/mol. The van der Waals surface area contributed by atoms with E-state index in [1.807, 2.05) is 12.1 Å². The van der Waals surface area contributed by atoms with Crippen molar-refractivity contribution in [3.63, 3.8) is 0 Å². The van der Waals surface area contributed by atoms with E-state index in [-0.39, 0.29) is 0 Å². The van der Waals surface area contributed by atoms with Crippen LogP contribution in [0.5, 0.6) is 0 Å². The van der Waals surface area contributed by atoms with Gasteiger partial charge in [-0.05, 0) is 57.7 Å².